The van der Waals surface area contributed by atoms with Gasteiger partial charge in [0.15, 0.2) is 0 Å². The van der Waals surface area contributed by atoms with Crippen molar-refractivity contribution < 1.29 is 14.3 Å². The zero-order valence-electron chi connectivity index (χ0n) is 21.9. The van der Waals surface area contributed by atoms with Crippen LogP contribution in [0.25, 0.3) is 32.3 Å². The first-order valence-electron chi connectivity index (χ1n) is 14.1. The lowest BCUT2D eigenvalue weighted by Gasteiger charge is -2.14. The third-order valence-electron chi connectivity index (χ3n) is 7.17. The fourth-order valence-corrected chi connectivity index (χ4v) is 5.14. The summed E-state index contributed by atoms with van der Waals surface area (Å²) >= 11 is 0. The van der Waals surface area contributed by atoms with Crippen molar-refractivity contribution in [2.45, 2.75) is 84.0 Å². The van der Waals surface area contributed by atoms with Crippen LogP contribution in [0.1, 0.15) is 84.0 Å². The SMILES string of the molecule is CCCCCCCCCCCCCCOB(O)Oc1cccc2ccc3cc4ccccc4cc3c12. The van der Waals surface area contributed by atoms with Crippen molar-refractivity contribution in [3.05, 3.63) is 66.7 Å². The van der Waals surface area contributed by atoms with Gasteiger partial charge in [-0.15, -0.1) is 0 Å². The van der Waals surface area contributed by atoms with Gasteiger partial charge in [0, 0.05) is 12.0 Å². The number of hydrogen-bond donors (Lipinski definition) is 1. The Kier molecular flexibility index (Phi) is 10.5. The van der Waals surface area contributed by atoms with Gasteiger partial charge in [-0.2, -0.15) is 0 Å². The normalized spacial score (nSPS) is 11.5. The molecule has 4 rings (SSSR count). The quantitative estimate of drug-likeness (QED) is 0.0746. The van der Waals surface area contributed by atoms with Crippen LogP contribution in [0.4, 0.5) is 0 Å². The second kappa shape index (κ2) is 14.3. The number of unbranched alkanes of at least 4 members (excludes halogenated alkanes) is 11. The molecule has 4 aromatic carbocycles. The summed E-state index contributed by atoms with van der Waals surface area (Å²) in [4.78, 5) is 0. The summed E-state index contributed by atoms with van der Waals surface area (Å²) in [5.74, 6) is 0.649. The summed E-state index contributed by atoms with van der Waals surface area (Å²) in [6.45, 7) is 2.78. The van der Waals surface area contributed by atoms with E-state index in [4.69, 9.17) is 9.31 Å². The predicted octanol–water partition coefficient (Wildman–Crippen LogP) is 9.22. The van der Waals surface area contributed by atoms with Gasteiger partial charge < -0.3 is 14.3 Å². The van der Waals surface area contributed by atoms with Gasteiger partial charge in [-0.1, -0.05) is 126 Å². The second-order valence-electron chi connectivity index (χ2n) is 10.0. The topological polar surface area (TPSA) is 38.7 Å². The molecule has 0 saturated carbocycles. The summed E-state index contributed by atoms with van der Waals surface area (Å²) in [5.41, 5.74) is 0. The molecule has 0 atom stereocenters. The lowest BCUT2D eigenvalue weighted by atomic mass is 9.97. The molecule has 0 aliphatic rings. The van der Waals surface area contributed by atoms with Crippen molar-refractivity contribution in [1.82, 2.24) is 0 Å². The van der Waals surface area contributed by atoms with E-state index in [2.05, 4.69) is 61.5 Å². The van der Waals surface area contributed by atoms with Crippen LogP contribution in [0.5, 0.6) is 5.75 Å². The van der Waals surface area contributed by atoms with Gasteiger partial charge in [-0.05, 0) is 51.6 Å². The maximum Gasteiger partial charge on any atom is 0.710 e. The molecule has 0 saturated heterocycles. The monoisotopic (exact) mass is 484 g/mol. The summed E-state index contributed by atoms with van der Waals surface area (Å²) in [6, 6.07) is 23.0. The molecule has 0 aliphatic carbocycles. The minimum Gasteiger partial charge on any atom is -0.511 e. The van der Waals surface area contributed by atoms with Crippen LogP contribution >= 0.6 is 0 Å². The number of rotatable bonds is 16. The summed E-state index contributed by atoms with van der Waals surface area (Å²) in [5, 5.41) is 17.2. The molecule has 4 aromatic rings. The summed E-state index contributed by atoms with van der Waals surface area (Å²) in [7, 11) is -1.26. The molecule has 0 aliphatic heterocycles. The summed E-state index contributed by atoms with van der Waals surface area (Å²) in [6.07, 6.45) is 15.6. The molecule has 0 fully saturated rings. The van der Waals surface area contributed by atoms with E-state index in [9.17, 15) is 5.02 Å². The molecule has 0 unspecified atom stereocenters. The Labute approximate surface area is 217 Å². The van der Waals surface area contributed by atoms with Gasteiger partial charge in [-0.3, -0.25) is 0 Å². The highest BCUT2D eigenvalue weighted by Gasteiger charge is 2.20. The molecule has 36 heavy (non-hydrogen) atoms. The molecular formula is C32H41BO3. The Morgan fingerprint density at radius 1 is 0.611 bits per heavy atom. The van der Waals surface area contributed by atoms with E-state index in [1.165, 1.54) is 75.0 Å². The largest absolute Gasteiger partial charge is 0.710 e. The Hall–Kier alpha value is -2.56. The van der Waals surface area contributed by atoms with E-state index in [1.807, 2.05) is 12.1 Å². The molecule has 190 valence electrons. The van der Waals surface area contributed by atoms with Gasteiger partial charge in [0.1, 0.15) is 5.75 Å². The Morgan fingerprint density at radius 2 is 1.19 bits per heavy atom. The van der Waals surface area contributed by atoms with E-state index in [0.29, 0.717) is 12.4 Å². The average Bonchev–Trinajstić information content (AvgIpc) is 2.90. The molecule has 0 amide bonds. The minimum absolute atomic E-state index is 0.509. The minimum atomic E-state index is -1.26. The first kappa shape index (κ1) is 26.5. The summed E-state index contributed by atoms with van der Waals surface area (Å²) < 4.78 is 11.5. The molecule has 1 N–H and O–H groups in total. The third kappa shape index (κ3) is 7.47. The van der Waals surface area contributed by atoms with Crippen LogP contribution in [0.15, 0.2) is 66.7 Å². The van der Waals surface area contributed by atoms with Crippen LogP contribution < -0.4 is 4.65 Å². The van der Waals surface area contributed by atoms with E-state index in [0.717, 1.165) is 34.4 Å². The van der Waals surface area contributed by atoms with Crippen molar-refractivity contribution in [3.8, 4) is 5.75 Å². The maximum atomic E-state index is 10.4. The van der Waals surface area contributed by atoms with Gasteiger partial charge in [0.2, 0.25) is 0 Å². The molecule has 0 aromatic heterocycles. The van der Waals surface area contributed by atoms with Crippen molar-refractivity contribution in [2.75, 3.05) is 6.61 Å². The first-order chi connectivity index (χ1) is 17.8. The van der Waals surface area contributed by atoms with Gasteiger partial charge in [0.05, 0.1) is 0 Å². The molecule has 0 bridgehead atoms. The van der Waals surface area contributed by atoms with E-state index >= 15 is 0 Å². The highest BCUT2D eigenvalue weighted by atomic mass is 16.7. The van der Waals surface area contributed by atoms with Gasteiger partial charge in [-0.25, -0.2) is 0 Å². The molecule has 0 spiro atoms. The van der Waals surface area contributed by atoms with Crippen molar-refractivity contribution >= 4 is 39.6 Å². The van der Waals surface area contributed by atoms with E-state index in [-0.39, 0.29) is 0 Å². The zero-order valence-corrected chi connectivity index (χ0v) is 21.9. The molecule has 0 radical (unpaired) electrons. The highest BCUT2D eigenvalue weighted by molar-refractivity contribution is 6.36. The maximum absolute atomic E-state index is 10.4. The van der Waals surface area contributed by atoms with Crippen molar-refractivity contribution in [3.63, 3.8) is 0 Å². The van der Waals surface area contributed by atoms with E-state index < -0.39 is 7.32 Å². The number of hydrogen-bond acceptors (Lipinski definition) is 3. The van der Waals surface area contributed by atoms with Gasteiger partial charge in [0.25, 0.3) is 0 Å². The first-order valence-corrected chi connectivity index (χ1v) is 14.1. The predicted molar refractivity (Wildman–Crippen MR) is 155 cm³/mol. The standard InChI is InChI=1S/C32H41BO3/c1-2-3-4-5-6-7-8-9-10-11-12-15-23-35-33(34)36-31-20-16-19-26-21-22-29-24-27-17-13-14-18-28(27)25-30(29)32(26)31/h13-14,16-22,24-25,34H,2-12,15,23H2,1H3. The molecule has 4 heteroatoms. The lowest BCUT2D eigenvalue weighted by Crippen LogP contribution is -2.26. The molecule has 3 nitrogen and oxygen atoms in total. The zero-order chi connectivity index (χ0) is 25.0. The Balaban J connectivity index is 1.22. The smallest absolute Gasteiger partial charge is 0.511 e. The van der Waals surface area contributed by atoms with Crippen LogP contribution in [-0.2, 0) is 4.65 Å². The Bertz CT molecular complexity index is 1220. The van der Waals surface area contributed by atoms with Crippen LogP contribution in [0.2, 0.25) is 0 Å². The van der Waals surface area contributed by atoms with Crippen LogP contribution in [0, 0.1) is 0 Å². The van der Waals surface area contributed by atoms with Gasteiger partial charge >= 0.3 is 7.32 Å². The fraction of sp³-hybridized carbons (Fsp3) is 0.438. The fourth-order valence-electron chi connectivity index (χ4n) is 5.14. The lowest BCUT2D eigenvalue weighted by molar-refractivity contribution is 0.190. The molecule has 0 heterocycles. The average molecular weight is 484 g/mol. The highest BCUT2D eigenvalue weighted by Crippen LogP contribution is 2.35. The van der Waals surface area contributed by atoms with Crippen LogP contribution in [0.3, 0.4) is 0 Å². The van der Waals surface area contributed by atoms with Crippen molar-refractivity contribution in [2.24, 2.45) is 0 Å². The van der Waals surface area contributed by atoms with E-state index in [1.54, 1.807) is 0 Å². The number of benzene rings is 4. The molecular weight excluding hydrogens is 443 g/mol. The third-order valence-corrected chi connectivity index (χ3v) is 7.17. The van der Waals surface area contributed by atoms with Crippen molar-refractivity contribution in [1.29, 1.82) is 0 Å². The second-order valence-corrected chi connectivity index (χ2v) is 10.0. The Morgan fingerprint density at radius 3 is 1.89 bits per heavy atom. The van der Waals surface area contributed by atoms with Crippen LogP contribution in [-0.4, -0.2) is 19.0 Å². The number of fused-ring (bicyclic) bond motifs is 4.